The Morgan fingerprint density at radius 3 is 2.72 bits per heavy atom. The number of hydrogen-bond donors (Lipinski definition) is 0. The van der Waals surface area contributed by atoms with Gasteiger partial charge in [0.2, 0.25) is 0 Å². The van der Waals surface area contributed by atoms with E-state index in [0.29, 0.717) is 28.7 Å². The lowest BCUT2D eigenvalue weighted by atomic mass is 10.1. The van der Waals surface area contributed by atoms with Crippen molar-refractivity contribution in [2.75, 3.05) is 26.8 Å². The number of esters is 1. The van der Waals surface area contributed by atoms with Crippen molar-refractivity contribution in [3.8, 4) is 0 Å². The van der Waals surface area contributed by atoms with E-state index in [1.807, 2.05) is 0 Å². The lowest BCUT2D eigenvalue weighted by molar-refractivity contribution is -0.135. The molecule has 1 aromatic carbocycles. The molecule has 0 aliphatic carbocycles. The third-order valence-corrected chi connectivity index (χ3v) is 5.45. The first-order valence-corrected chi connectivity index (χ1v) is 9.07. The van der Waals surface area contributed by atoms with Crippen LogP contribution in [0.4, 0.5) is 4.39 Å². The smallest absolute Gasteiger partial charge is 0.349 e. The van der Waals surface area contributed by atoms with Crippen LogP contribution in [0.3, 0.4) is 0 Å². The van der Waals surface area contributed by atoms with Gasteiger partial charge in [-0.05, 0) is 31.4 Å². The van der Waals surface area contributed by atoms with Crippen LogP contribution < -0.4 is 0 Å². The summed E-state index contributed by atoms with van der Waals surface area (Å²) in [5.74, 6) is -1.20. The lowest BCUT2D eigenvalue weighted by Gasteiger charge is -2.26. The van der Waals surface area contributed by atoms with Gasteiger partial charge in [0, 0.05) is 35.8 Å². The van der Waals surface area contributed by atoms with Crippen molar-refractivity contribution in [1.29, 1.82) is 0 Å². The van der Waals surface area contributed by atoms with Gasteiger partial charge in [0.25, 0.3) is 5.91 Å². The monoisotopic (exact) mass is 365 g/mol. The van der Waals surface area contributed by atoms with Gasteiger partial charge in [-0.2, -0.15) is 0 Å². The van der Waals surface area contributed by atoms with E-state index in [4.69, 9.17) is 9.47 Å². The van der Waals surface area contributed by atoms with Crippen molar-refractivity contribution in [3.05, 3.63) is 34.5 Å². The Morgan fingerprint density at radius 1 is 1.24 bits per heavy atom. The largest absolute Gasteiger partial charge is 0.451 e. The summed E-state index contributed by atoms with van der Waals surface area (Å²) in [6.07, 6.45) is 3.08. The third-order valence-electron chi connectivity index (χ3n) is 4.27. The summed E-state index contributed by atoms with van der Waals surface area (Å²) in [6.45, 7) is 1.23. The molecule has 3 rings (SSSR count). The number of carbonyl (C=O) groups excluding carboxylic acids is 2. The molecule has 0 atom stereocenters. The first-order valence-electron chi connectivity index (χ1n) is 8.25. The maximum Gasteiger partial charge on any atom is 0.349 e. The maximum atomic E-state index is 14.1. The molecule has 0 saturated carbocycles. The lowest BCUT2D eigenvalue weighted by Crippen LogP contribution is -2.38. The number of thiophene rings is 1. The van der Waals surface area contributed by atoms with Crippen LogP contribution in [0.25, 0.3) is 10.1 Å². The van der Waals surface area contributed by atoms with E-state index in [0.717, 1.165) is 30.6 Å². The topological polar surface area (TPSA) is 55.8 Å². The van der Waals surface area contributed by atoms with Crippen LogP contribution in [0.5, 0.6) is 0 Å². The second kappa shape index (κ2) is 7.93. The molecule has 0 unspecified atom stereocenters. The van der Waals surface area contributed by atoms with Gasteiger partial charge in [-0.3, -0.25) is 4.79 Å². The maximum absolute atomic E-state index is 14.1. The Labute approximate surface area is 149 Å². The molecule has 0 N–H and O–H groups in total. The Morgan fingerprint density at radius 2 is 2.00 bits per heavy atom. The van der Waals surface area contributed by atoms with Gasteiger partial charge in [-0.25, -0.2) is 9.18 Å². The van der Waals surface area contributed by atoms with E-state index in [1.165, 1.54) is 13.2 Å². The zero-order valence-corrected chi connectivity index (χ0v) is 14.9. The van der Waals surface area contributed by atoms with E-state index in [9.17, 15) is 14.0 Å². The van der Waals surface area contributed by atoms with Crippen molar-refractivity contribution >= 4 is 33.3 Å². The van der Waals surface area contributed by atoms with Gasteiger partial charge < -0.3 is 14.4 Å². The number of methoxy groups -OCH3 is 1. The number of rotatable bonds is 5. The molecule has 1 aromatic heterocycles. The van der Waals surface area contributed by atoms with E-state index in [1.54, 1.807) is 17.0 Å². The Hall–Kier alpha value is -1.99. The Balaban J connectivity index is 1.76. The van der Waals surface area contributed by atoms with Gasteiger partial charge in [-0.15, -0.1) is 11.3 Å². The summed E-state index contributed by atoms with van der Waals surface area (Å²) in [6, 6.07) is 4.70. The molecular formula is C18H20FNO4S. The minimum atomic E-state index is -0.613. The molecule has 2 heterocycles. The normalized spacial score (nSPS) is 14.7. The SMILES string of the molecule is COCc1c(C(=O)OCC(=O)N2CCCCC2)sc2cccc(F)c12. The highest BCUT2D eigenvalue weighted by molar-refractivity contribution is 7.21. The molecule has 2 aromatic rings. The number of nitrogens with zero attached hydrogens (tertiary/aromatic N) is 1. The summed E-state index contributed by atoms with van der Waals surface area (Å²) >= 11 is 1.15. The standard InChI is InChI=1S/C18H20FNO4S/c1-23-10-12-16-13(19)6-5-7-14(16)25-17(12)18(22)24-11-15(21)20-8-3-2-4-9-20/h5-7H,2-4,8-11H2,1H3. The molecule has 1 aliphatic heterocycles. The number of likely N-dealkylation sites (tertiary alicyclic amines) is 1. The van der Waals surface area contributed by atoms with E-state index in [2.05, 4.69) is 0 Å². The summed E-state index contributed by atoms with van der Waals surface area (Å²) in [7, 11) is 1.49. The average molecular weight is 365 g/mol. The molecule has 0 spiro atoms. The number of carbonyl (C=O) groups is 2. The van der Waals surface area contributed by atoms with Crippen molar-refractivity contribution < 1.29 is 23.5 Å². The first-order chi connectivity index (χ1) is 12.1. The number of hydrogen-bond acceptors (Lipinski definition) is 5. The van der Waals surface area contributed by atoms with Gasteiger partial charge in [0.05, 0.1) is 6.61 Å². The molecule has 1 fully saturated rings. The highest BCUT2D eigenvalue weighted by Crippen LogP contribution is 2.34. The first kappa shape index (κ1) is 17.8. The second-order valence-electron chi connectivity index (χ2n) is 5.97. The number of ether oxygens (including phenoxy) is 2. The molecule has 0 radical (unpaired) electrons. The predicted molar refractivity (Wildman–Crippen MR) is 93.2 cm³/mol. The highest BCUT2D eigenvalue weighted by atomic mass is 32.1. The predicted octanol–water partition coefficient (Wildman–Crippen LogP) is 3.36. The number of fused-ring (bicyclic) bond motifs is 1. The summed E-state index contributed by atoms with van der Waals surface area (Å²) in [4.78, 5) is 26.6. The zero-order valence-electron chi connectivity index (χ0n) is 14.0. The quantitative estimate of drug-likeness (QED) is 0.763. The van der Waals surface area contributed by atoms with Crippen LogP contribution in [-0.2, 0) is 20.9 Å². The van der Waals surface area contributed by atoms with Crippen LogP contribution in [-0.4, -0.2) is 43.6 Å². The molecule has 25 heavy (non-hydrogen) atoms. The number of benzene rings is 1. The van der Waals surface area contributed by atoms with Crippen LogP contribution in [0.2, 0.25) is 0 Å². The van der Waals surface area contributed by atoms with Gasteiger partial charge in [0.1, 0.15) is 10.7 Å². The molecule has 134 valence electrons. The van der Waals surface area contributed by atoms with Crippen molar-refractivity contribution in [1.82, 2.24) is 4.90 Å². The van der Waals surface area contributed by atoms with E-state index >= 15 is 0 Å². The van der Waals surface area contributed by atoms with E-state index < -0.39 is 11.8 Å². The zero-order chi connectivity index (χ0) is 17.8. The van der Waals surface area contributed by atoms with Crippen molar-refractivity contribution in [2.45, 2.75) is 25.9 Å². The Bertz CT molecular complexity index is 783. The van der Waals surface area contributed by atoms with Gasteiger partial charge in [0.15, 0.2) is 6.61 Å². The molecule has 1 aliphatic rings. The molecular weight excluding hydrogens is 345 g/mol. The summed E-state index contributed by atoms with van der Waals surface area (Å²) < 4.78 is 25.1. The fourth-order valence-corrected chi connectivity index (χ4v) is 4.16. The van der Waals surface area contributed by atoms with Crippen molar-refractivity contribution in [3.63, 3.8) is 0 Å². The Kier molecular flexibility index (Phi) is 5.65. The van der Waals surface area contributed by atoms with Crippen LogP contribution in [0.15, 0.2) is 18.2 Å². The van der Waals surface area contributed by atoms with Gasteiger partial charge in [-0.1, -0.05) is 6.07 Å². The average Bonchev–Trinajstić information content (AvgIpc) is 3.00. The highest BCUT2D eigenvalue weighted by Gasteiger charge is 2.24. The van der Waals surface area contributed by atoms with Crippen LogP contribution in [0, 0.1) is 5.82 Å². The molecule has 5 nitrogen and oxygen atoms in total. The molecule has 7 heteroatoms. The fourth-order valence-electron chi connectivity index (χ4n) is 3.04. The second-order valence-corrected chi connectivity index (χ2v) is 7.03. The molecule has 1 amide bonds. The minimum absolute atomic E-state index is 0.103. The fraction of sp³-hybridized carbons (Fsp3) is 0.444. The van der Waals surface area contributed by atoms with E-state index in [-0.39, 0.29) is 24.0 Å². The van der Waals surface area contributed by atoms with Crippen molar-refractivity contribution in [2.24, 2.45) is 0 Å². The third kappa shape index (κ3) is 3.82. The minimum Gasteiger partial charge on any atom is -0.451 e. The number of halogens is 1. The number of amides is 1. The van der Waals surface area contributed by atoms with Crippen LogP contribution >= 0.6 is 11.3 Å². The van der Waals surface area contributed by atoms with Crippen LogP contribution in [0.1, 0.15) is 34.5 Å². The molecule has 1 saturated heterocycles. The summed E-state index contributed by atoms with van der Waals surface area (Å²) in [5, 5.41) is 0.378. The van der Waals surface area contributed by atoms with Gasteiger partial charge >= 0.3 is 5.97 Å². The number of piperidine rings is 1. The summed E-state index contributed by atoms with van der Waals surface area (Å²) in [5.41, 5.74) is 0.469. The molecule has 0 bridgehead atoms.